The molecule has 2 aromatic rings. The molecule has 1 amide bonds. The Morgan fingerprint density at radius 2 is 1.86 bits per heavy atom. The number of ether oxygens (including phenoxy) is 4. The van der Waals surface area contributed by atoms with Gasteiger partial charge in [0.05, 0.1) is 40.1 Å². The van der Waals surface area contributed by atoms with Crippen LogP contribution in [-0.4, -0.2) is 51.4 Å². The van der Waals surface area contributed by atoms with Gasteiger partial charge in [0.1, 0.15) is 6.61 Å². The van der Waals surface area contributed by atoms with Gasteiger partial charge in [0.15, 0.2) is 11.5 Å². The van der Waals surface area contributed by atoms with Crippen molar-refractivity contribution in [1.29, 1.82) is 0 Å². The lowest BCUT2D eigenvalue weighted by molar-refractivity contribution is -0.149. The fourth-order valence-corrected chi connectivity index (χ4v) is 3.30. The molecule has 28 heavy (non-hydrogen) atoms. The summed E-state index contributed by atoms with van der Waals surface area (Å²) in [6.45, 7) is 1.89. The lowest BCUT2D eigenvalue weighted by Gasteiger charge is -2.35. The van der Waals surface area contributed by atoms with Crippen LogP contribution in [0.3, 0.4) is 0 Å². The third-order valence-corrected chi connectivity index (χ3v) is 4.90. The number of rotatable bonds is 8. The summed E-state index contributed by atoms with van der Waals surface area (Å²) in [6.07, 6.45) is 0. The van der Waals surface area contributed by atoms with E-state index in [4.69, 9.17) is 30.5 Å². The Kier molecular flexibility index (Phi) is 7.14. The van der Waals surface area contributed by atoms with E-state index in [1.807, 2.05) is 42.5 Å². The van der Waals surface area contributed by atoms with E-state index in [9.17, 15) is 4.79 Å². The molecule has 0 bridgehead atoms. The highest BCUT2D eigenvalue weighted by Crippen LogP contribution is 2.28. The van der Waals surface area contributed by atoms with Crippen LogP contribution in [-0.2, 0) is 20.9 Å². The fourth-order valence-electron chi connectivity index (χ4n) is 3.17. The third-order valence-electron chi connectivity index (χ3n) is 4.65. The van der Waals surface area contributed by atoms with Crippen LogP contribution in [0.5, 0.6) is 11.5 Å². The summed E-state index contributed by atoms with van der Waals surface area (Å²) < 4.78 is 21.8. The van der Waals surface area contributed by atoms with Gasteiger partial charge in [-0.05, 0) is 35.4 Å². The maximum absolute atomic E-state index is 12.4. The molecule has 0 radical (unpaired) electrons. The van der Waals surface area contributed by atoms with Crippen molar-refractivity contribution in [3.63, 3.8) is 0 Å². The summed E-state index contributed by atoms with van der Waals surface area (Å²) in [5.74, 6) is 1.30. The predicted molar refractivity (Wildman–Crippen MR) is 106 cm³/mol. The van der Waals surface area contributed by atoms with Crippen LogP contribution in [0.4, 0.5) is 0 Å². The number of halogens is 1. The van der Waals surface area contributed by atoms with Gasteiger partial charge in [-0.15, -0.1) is 0 Å². The molecule has 0 N–H and O–H groups in total. The Labute approximate surface area is 169 Å². The van der Waals surface area contributed by atoms with Crippen LogP contribution in [0.2, 0.25) is 5.02 Å². The summed E-state index contributed by atoms with van der Waals surface area (Å²) >= 11 is 5.97. The highest BCUT2D eigenvalue weighted by molar-refractivity contribution is 6.30. The van der Waals surface area contributed by atoms with Crippen molar-refractivity contribution in [2.75, 3.05) is 40.6 Å². The Bertz CT molecular complexity index is 796. The first-order valence-corrected chi connectivity index (χ1v) is 9.41. The number of carbonyl (C=O) groups is 1. The molecule has 0 saturated carbocycles. The van der Waals surface area contributed by atoms with Gasteiger partial charge in [0.2, 0.25) is 5.91 Å². The average Bonchev–Trinajstić information content (AvgIpc) is 2.72. The first-order chi connectivity index (χ1) is 13.6. The smallest absolute Gasteiger partial charge is 0.249 e. The van der Waals surface area contributed by atoms with Crippen LogP contribution < -0.4 is 9.47 Å². The van der Waals surface area contributed by atoms with Gasteiger partial charge >= 0.3 is 0 Å². The minimum absolute atomic E-state index is 0.0408. The predicted octanol–water partition coefficient (Wildman–Crippen LogP) is 3.47. The zero-order chi connectivity index (χ0) is 19.9. The van der Waals surface area contributed by atoms with E-state index in [0.717, 1.165) is 11.1 Å². The van der Waals surface area contributed by atoms with Crippen molar-refractivity contribution in [3.8, 4) is 11.5 Å². The third kappa shape index (κ3) is 4.95. The van der Waals surface area contributed by atoms with Gasteiger partial charge in [-0.25, -0.2) is 0 Å². The minimum atomic E-state index is -0.136. The highest BCUT2D eigenvalue weighted by Gasteiger charge is 2.29. The van der Waals surface area contributed by atoms with Gasteiger partial charge in [-0.3, -0.25) is 4.79 Å². The molecule has 0 spiro atoms. The summed E-state index contributed by atoms with van der Waals surface area (Å²) in [7, 11) is 3.20. The molecule has 2 aromatic carbocycles. The number of morpholine rings is 1. The maximum Gasteiger partial charge on any atom is 0.249 e. The highest BCUT2D eigenvalue weighted by atomic mass is 35.5. The van der Waals surface area contributed by atoms with Crippen molar-refractivity contribution in [1.82, 2.24) is 4.90 Å². The Morgan fingerprint density at radius 3 is 2.57 bits per heavy atom. The Hall–Kier alpha value is -2.28. The van der Waals surface area contributed by atoms with Crippen molar-refractivity contribution in [3.05, 3.63) is 58.6 Å². The first-order valence-electron chi connectivity index (χ1n) is 9.03. The molecular weight excluding hydrogens is 382 g/mol. The molecule has 6 nitrogen and oxygen atoms in total. The summed E-state index contributed by atoms with van der Waals surface area (Å²) in [5, 5.41) is 0.664. The molecule has 1 aliphatic rings. The van der Waals surface area contributed by atoms with Gasteiger partial charge in [0.25, 0.3) is 0 Å². The van der Waals surface area contributed by atoms with E-state index >= 15 is 0 Å². The molecule has 1 fully saturated rings. The Morgan fingerprint density at radius 1 is 1.11 bits per heavy atom. The van der Waals surface area contributed by atoms with Crippen molar-refractivity contribution >= 4 is 17.5 Å². The van der Waals surface area contributed by atoms with Gasteiger partial charge in [-0.2, -0.15) is 0 Å². The minimum Gasteiger partial charge on any atom is -0.493 e. The topological polar surface area (TPSA) is 57.2 Å². The quantitative estimate of drug-likeness (QED) is 0.629. The first kappa shape index (κ1) is 20.5. The van der Waals surface area contributed by atoms with E-state index in [-0.39, 0.29) is 18.6 Å². The van der Waals surface area contributed by atoms with Crippen LogP contribution in [0, 0.1) is 0 Å². The molecule has 1 aliphatic heterocycles. The fraction of sp³-hybridized carbons (Fsp3) is 0.381. The zero-order valence-corrected chi connectivity index (χ0v) is 16.8. The number of hydrogen-bond donors (Lipinski definition) is 0. The molecule has 0 aromatic heterocycles. The molecule has 1 saturated heterocycles. The second kappa shape index (κ2) is 9.78. The number of amides is 1. The molecule has 150 valence electrons. The van der Waals surface area contributed by atoms with Crippen LogP contribution >= 0.6 is 11.6 Å². The molecule has 1 unspecified atom stereocenters. The van der Waals surface area contributed by atoms with E-state index in [0.29, 0.717) is 42.9 Å². The van der Waals surface area contributed by atoms with Crippen molar-refractivity contribution in [2.24, 2.45) is 0 Å². The average molecular weight is 406 g/mol. The Balaban J connectivity index is 1.57. The summed E-state index contributed by atoms with van der Waals surface area (Å²) in [5.41, 5.74) is 1.97. The number of methoxy groups -OCH3 is 2. The van der Waals surface area contributed by atoms with E-state index in [1.165, 1.54) is 0 Å². The van der Waals surface area contributed by atoms with E-state index < -0.39 is 0 Å². The van der Waals surface area contributed by atoms with Crippen LogP contribution in [0.25, 0.3) is 0 Å². The summed E-state index contributed by atoms with van der Waals surface area (Å²) in [4.78, 5) is 14.2. The van der Waals surface area contributed by atoms with Crippen LogP contribution in [0.1, 0.15) is 17.2 Å². The van der Waals surface area contributed by atoms with E-state index in [1.54, 1.807) is 19.1 Å². The lowest BCUT2D eigenvalue weighted by atomic mass is 10.0. The van der Waals surface area contributed by atoms with Crippen LogP contribution in [0.15, 0.2) is 42.5 Å². The molecule has 3 rings (SSSR count). The van der Waals surface area contributed by atoms with Gasteiger partial charge < -0.3 is 23.8 Å². The lowest BCUT2D eigenvalue weighted by Crippen LogP contribution is -2.45. The zero-order valence-electron chi connectivity index (χ0n) is 16.0. The molecule has 7 heteroatoms. The molecular formula is C21H24ClNO5. The normalized spacial score (nSPS) is 16.9. The number of benzene rings is 2. The van der Waals surface area contributed by atoms with E-state index in [2.05, 4.69) is 0 Å². The molecule has 0 aliphatic carbocycles. The monoisotopic (exact) mass is 405 g/mol. The maximum atomic E-state index is 12.4. The second-order valence-corrected chi connectivity index (χ2v) is 6.85. The van der Waals surface area contributed by atoms with Gasteiger partial charge in [-0.1, -0.05) is 29.8 Å². The van der Waals surface area contributed by atoms with Crippen molar-refractivity contribution in [2.45, 2.75) is 12.6 Å². The number of carbonyl (C=O) groups excluding carboxylic acids is 1. The van der Waals surface area contributed by atoms with Gasteiger partial charge in [0, 0.05) is 11.6 Å². The standard InChI is InChI=1S/C21H24ClNO5/c1-25-19-8-3-15(11-20(19)26-2)12-27-10-9-23-18(13-28-14-21(23)24)16-4-6-17(22)7-5-16/h3-8,11,18H,9-10,12-14H2,1-2H3. The molecule has 1 atom stereocenters. The summed E-state index contributed by atoms with van der Waals surface area (Å²) in [6, 6.07) is 13.0. The molecule has 1 heterocycles. The number of hydrogen-bond acceptors (Lipinski definition) is 5. The van der Waals surface area contributed by atoms with Crippen molar-refractivity contribution < 1.29 is 23.7 Å². The largest absolute Gasteiger partial charge is 0.493 e. The number of nitrogens with zero attached hydrogens (tertiary/aromatic N) is 1. The second-order valence-electron chi connectivity index (χ2n) is 6.41. The SMILES string of the molecule is COc1ccc(COCCN2C(=O)COCC2c2ccc(Cl)cc2)cc1OC.